The van der Waals surface area contributed by atoms with Crippen LogP contribution in [0.15, 0.2) is 12.7 Å². The lowest BCUT2D eigenvalue weighted by molar-refractivity contribution is 0.0495. The van der Waals surface area contributed by atoms with Gasteiger partial charge < -0.3 is 15.2 Å². The molecule has 14 heavy (non-hydrogen) atoms. The SMILES string of the molecule is C=CCOCC(O)CNCCCCC. The van der Waals surface area contributed by atoms with Gasteiger partial charge in [0.05, 0.1) is 19.3 Å². The summed E-state index contributed by atoms with van der Waals surface area (Å²) in [6.07, 6.45) is 4.93. The number of nitrogens with one attached hydrogen (secondary N) is 1. The average Bonchev–Trinajstić information content (AvgIpc) is 2.18. The number of hydrogen-bond acceptors (Lipinski definition) is 3. The van der Waals surface area contributed by atoms with Gasteiger partial charge in [0.2, 0.25) is 0 Å². The molecule has 3 heteroatoms. The summed E-state index contributed by atoms with van der Waals surface area (Å²) in [5.74, 6) is 0. The molecular weight excluding hydrogens is 178 g/mol. The van der Waals surface area contributed by atoms with E-state index in [1.54, 1.807) is 6.08 Å². The molecule has 1 unspecified atom stereocenters. The van der Waals surface area contributed by atoms with E-state index in [-0.39, 0.29) is 0 Å². The van der Waals surface area contributed by atoms with Crippen LogP contribution in [0, 0.1) is 0 Å². The first-order valence-corrected chi connectivity index (χ1v) is 5.38. The van der Waals surface area contributed by atoms with E-state index in [2.05, 4.69) is 18.8 Å². The van der Waals surface area contributed by atoms with Crippen LogP contribution in [0.4, 0.5) is 0 Å². The molecule has 0 spiro atoms. The van der Waals surface area contributed by atoms with Crippen molar-refractivity contribution in [3.8, 4) is 0 Å². The van der Waals surface area contributed by atoms with Crippen LogP contribution in [0.5, 0.6) is 0 Å². The third kappa shape index (κ3) is 9.71. The summed E-state index contributed by atoms with van der Waals surface area (Å²) in [6.45, 7) is 8.19. The van der Waals surface area contributed by atoms with Gasteiger partial charge in [-0.15, -0.1) is 6.58 Å². The first-order chi connectivity index (χ1) is 6.81. The van der Waals surface area contributed by atoms with Crippen LogP contribution < -0.4 is 5.32 Å². The van der Waals surface area contributed by atoms with E-state index in [0.29, 0.717) is 19.8 Å². The highest BCUT2D eigenvalue weighted by molar-refractivity contribution is 4.65. The van der Waals surface area contributed by atoms with Crippen LogP contribution >= 0.6 is 0 Å². The molecule has 1 atom stereocenters. The van der Waals surface area contributed by atoms with E-state index in [1.807, 2.05) is 0 Å². The topological polar surface area (TPSA) is 41.5 Å². The maximum absolute atomic E-state index is 9.41. The van der Waals surface area contributed by atoms with Gasteiger partial charge in [-0.1, -0.05) is 25.8 Å². The molecule has 0 rings (SSSR count). The fourth-order valence-corrected chi connectivity index (χ4v) is 1.12. The van der Waals surface area contributed by atoms with Crippen molar-refractivity contribution in [3.05, 3.63) is 12.7 Å². The number of hydrogen-bond donors (Lipinski definition) is 2. The molecule has 0 saturated heterocycles. The fourth-order valence-electron chi connectivity index (χ4n) is 1.12. The lowest BCUT2D eigenvalue weighted by Crippen LogP contribution is -2.31. The quantitative estimate of drug-likeness (QED) is 0.414. The van der Waals surface area contributed by atoms with Crippen LogP contribution in [0.25, 0.3) is 0 Å². The Balaban J connectivity index is 3.09. The summed E-state index contributed by atoms with van der Waals surface area (Å²) in [5.41, 5.74) is 0. The van der Waals surface area contributed by atoms with Crippen molar-refractivity contribution in [1.29, 1.82) is 0 Å². The van der Waals surface area contributed by atoms with E-state index in [4.69, 9.17) is 4.74 Å². The van der Waals surface area contributed by atoms with Gasteiger partial charge in [0.15, 0.2) is 0 Å². The molecular formula is C11H23NO2. The Kier molecular flexibility index (Phi) is 10.4. The number of ether oxygens (including phenoxy) is 1. The van der Waals surface area contributed by atoms with Crippen molar-refractivity contribution in [1.82, 2.24) is 5.32 Å². The Morgan fingerprint density at radius 2 is 2.29 bits per heavy atom. The maximum Gasteiger partial charge on any atom is 0.0897 e. The van der Waals surface area contributed by atoms with Gasteiger partial charge in [-0.3, -0.25) is 0 Å². The molecule has 0 amide bonds. The molecule has 84 valence electrons. The Bertz CT molecular complexity index is 128. The van der Waals surface area contributed by atoms with Crippen LogP contribution in [0.2, 0.25) is 0 Å². The fraction of sp³-hybridized carbons (Fsp3) is 0.818. The summed E-state index contributed by atoms with van der Waals surface area (Å²) in [6, 6.07) is 0. The summed E-state index contributed by atoms with van der Waals surface area (Å²) in [5, 5.41) is 12.6. The Hall–Kier alpha value is -0.380. The largest absolute Gasteiger partial charge is 0.389 e. The molecule has 0 aromatic rings. The molecule has 0 bridgehead atoms. The average molecular weight is 201 g/mol. The summed E-state index contributed by atoms with van der Waals surface area (Å²) < 4.78 is 5.11. The van der Waals surface area contributed by atoms with Gasteiger partial charge in [0, 0.05) is 6.54 Å². The monoisotopic (exact) mass is 201 g/mol. The zero-order valence-corrected chi connectivity index (χ0v) is 9.17. The lowest BCUT2D eigenvalue weighted by Gasteiger charge is -2.11. The predicted octanol–water partition coefficient (Wildman–Crippen LogP) is 1.33. The van der Waals surface area contributed by atoms with Gasteiger partial charge in [-0.25, -0.2) is 0 Å². The Labute approximate surface area is 87.2 Å². The van der Waals surface area contributed by atoms with E-state index < -0.39 is 6.10 Å². The van der Waals surface area contributed by atoms with Crippen LogP contribution in [0.1, 0.15) is 26.2 Å². The van der Waals surface area contributed by atoms with Gasteiger partial charge in [-0.05, 0) is 13.0 Å². The highest BCUT2D eigenvalue weighted by Gasteiger charge is 2.01. The molecule has 0 aliphatic heterocycles. The minimum atomic E-state index is -0.406. The molecule has 3 nitrogen and oxygen atoms in total. The number of aliphatic hydroxyl groups excluding tert-OH is 1. The van der Waals surface area contributed by atoms with Crippen molar-refractivity contribution in [2.24, 2.45) is 0 Å². The highest BCUT2D eigenvalue weighted by atomic mass is 16.5. The van der Waals surface area contributed by atoms with E-state index in [9.17, 15) is 5.11 Å². The second kappa shape index (κ2) is 10.7. The Morgan fingerprint density at radius 3 is 2.93 bits per heavy atom. The second-order valence-corrected chi connectivity index (χ2v) is 3.39. The highest BCUT2D eigenvalue weighted by Crippen LogP contribution is 1.91. The van der Waals surface area contributed by atoms with Crippen molar-refractivity contribution < 1.29 is 9.84 Å². The van der Waals surface area contributed by atoms with Gasteiger partial charge in [0.1, 0.15) is 0 Å². The van der Waals surface area contributed by atoms with E-state index in [0.717, 1.165) is 6.54 Å². The predicted molar refractivity (Wildman–Crippen MR) is 59.4 cm³/mol. The van der Waals surface area contributed by atoms with Crippen LogP contribution in [0.3, 0.4) is 0 Å². The third-order valence-electron chi connectivity index (χ3n) is 1.88. The van der Waals surface area contributed by atoms with Crippen LogP contribution in [-0.2, 0) is 4.74 Å². The molecule has 0 aromatic carbocycles. The van der Waals surface area contributed by atoms with E-state index in [1.165, 1.54) is 19.3 Å². The first kappa shape index (κ1) is 13.6. The van der Waals surface area contributed by atoms with Crippen molar-refractivity contribution >= 4 is 0 Å². The minimum Gasteiger partial charge on any atom is -0.389 e. The Morgan fingerprint density at radius 1 is 1.50 bits per heavy atom. The smallest absolute Gasteiger partial charge is 0.0897 e. The molecule has 0 fully saturated rings. The number of unbranched alkanes of at least 4 members (excludes halogenated alkanes) is 2. The molecule has 0 saturated carbocycles. The third-order valence-corrected chi connectivity index (χ3v) is 1.88. The van der Waals surface area contributed by atoms with Gasteiger partial charge in [-0.2, -0.15) is 0 Å². The summed E-state index contributed by atoms with van der Waals surface area (Å²) in [7, 11) is 0. The standard InChI is InChI=1S/C11H23NO2/c1-3-5-6-7-12-9-11(13)10-14-8-4-2/h4,11-13H,2-3,5-10H2,1H3. The number of rotatable bonds is 10. The van der Waals surface area contributed by atoms with Crippen LogP contribution in [-0.4, -0.2) is 37.5 Å². The van der Waals surface area contributed by atoms with Gasteiger partial charge in [0.25, 0.3) is 0 Å². The summed E-state index contributed by atoms with van der Waals surface area (Å²) >= 11 is 0. The molecule has 0 aliphatic rings. The zero-order chi connectivity index (χ0) is 10.6. The van der Waals surface area contributed by atoms with Crippen molar-refractivity contribution in [3.63, 3.8) is 0 Å². The number of aliphatic hydroxyl groups is 1. The summed E-state index contributed by atoms with van der Waals surface area (Å²) in [4.78, 5) is 0. The lowest BCUT2D eigenvalue weighted by atomic mass is 10.2. The maximum atomic E-state index is 9.41. The zero-order valence-electron chi connectivity index (χ0n) is 9.17. The molecule has 0 aliphatic carbocycles. The van der Waals surface area contributed by atoms with Crippen molar-refractivity contribution in [2.75, 3.05) is 26.3 Å². The minimum absolute atomic E-state index is 0.382. The first-order valence-electron chi connectivity index (χ1n) is 5.38. The van der Waals surface area contributed by atoms with Gasteiger partial charge >= 0.3 is 0 Å². The molecule has 2 N–H and O–H groups in total. The van der Waals surface area contributed by atoms with Crippen molar-refractivity contribution in [2.45, 2.75) is 32.3 Å². The molecule has 0 heterocycles. The van der Waals surface area contributed by atoms with E-state index >= 15 is 0 Å². The normalized spacial score (nSPS) is 12.7. The second-order valence-electron chi connectivity index (χ2n) is 3.39. The molecule has 0 aromatic heterocycles. The molecule has 0 radical (unpaired) electrons.